The predicted molar refractivity (Wildman–Crippen MR) is 69.7 cm³/mol. The molecule has 1 rings (SSSR count). The summed E-state index contributed by atoms with van der Waals surface area (Å²) in [5.41, 5.74) is 7.32. The van der Waals surface area contributed by atoms with Gasteiger partial charge in [-0.3, -0.25) is 4.68 Å². The third kappa shape index (κ3) is 3.82. The molecule has 4 heteroatoms. The minimum Gasteiger partial charge on any atom is -0.376 e. The van der Waals surface area contributed by atoms with Gasteiger partial charge in [0.05, 0.1) is 18.3 Å². The van der Waals surface area contributed by atoms with Crippen molar-refractivity contribution in [2.45, 2.75) is 52.8 Å². The minimum absolute atomic E-state index is 0.0549. The molecule has 4 nitrogen and oxygen atoms in total. The Morgan fingerprint density at radius 2 is 2.12 bits per heavy atom. The molecule has 0 aromatic carbocycles. The van der Waals surface area contributed by atoms with E-state index < -0.39 is 0 Å². The summed E-state index contributed by atoms with van der Waals surface area (Å²) >= 11 is 0. The van der Waals surface area contributed by atoms with E-state index in [2.05, 4.69) is 25.9 Å². The van der Waals surface area contributed by atoms with E-state index in [1.165, 1.54) is 0 Å². The Kier molecular flexibility index (Phi) is 5.65. The Morgan fingerprint density at radius 3 is 2.65 bits per heavy atom. The molecule has 1 aromatic rings. The first-order valence-electron chi connectivity index (χ1n) is 6.49. The van der Waals surface area contributed by atoms with Gasteiger partial charge in [0.25, 0.3) is 0 Å². The molecule has 0 saturated carbocycles. The first-order valence-corrected chi connectivity index (χ1v) is 6.49. The lowest BCUT2D eigenvalue weighted by Gasteiger charge is -2.26. The maximum atomic E-state index is 6.26. The van der Waals surface area contributed by atoms with Crippen molar-refractivity contribution < 1.29 is 4.74 Å². The zero-order valence-corrected chi connectivity index (χ0v) is 11.4. The first kappa shape index (κ1) is 14.2. The van der Waals surface area contributed by atoms with Crippen LogP contribution in [0.3, 0.4) is 0 Å². The molecule has 17 heavy (non-hydrogen) atoms. The normalized spacial score (nSPS) is 15.2. The molecule has 2 atom stereocenters. The minimum atomic E-state index is -0.0967. The van der Waals surface area contributed by atoms with Crippen molar-refractivity contribution in [1.82, 2.24) is 9.78 Å². The molecular formula is C13H25N3O. The Balaban J connectivity index is 2.74. The fourth-order valence-corrected chi connectivity index (χ4v) is 2.00. The molecule has 2 N–H and O–H groups in total. The third-order valence-corrected chi connectivity index (χ3v) is 2.86. The average Bonchev–Trinajstić information content (AvgIpc) is 2.73. The molecular weight excluding hydrogens is 214 g/mol. The number of rotatable bonds is 7. The number of aryl methyl sites for hydroxylation is 1. The van der Waals surface area contributed by atoms with Gasteiger partial charge < -0.3 is 10.5 Å². The second-order valence-electron chi connectivity index (χ2n) is 4.73. The summed E-state index contributed by atoms with van der Waals surface area (Å²) < 4.78 is 7.67. The molecule has 0 spiro atoms. The van der Waals surface area contributed by atoms with Gasteiger partial charge in [-0.15, -0.1) is 0 Å². The molecule has 0 aliphatic heterocycles. The van der Waals surface area contributed by atoms with Crippen LogP contribution in [0.5, 0.6) is 0 Å². The van der Waals surface area contributed by atoms with Crippen molar-refractivity contribution in [3.05, 3.63) is 18.0 Å². The zero-order valence-electron chi connectivity index (χ0n) is 11.4. The van der Waals surface area contributed by atoms with Gasteiger partial charge in [-0.2, -0.15) is 5.10 Å². The first-order chi connectivity index (χ1) is 8.10. The standard InChI is InChI=1S/C13H25N3O/c1-5-7-16-9-11(8-15-16)12(14)13(10(3)4)17-6-2/h8-10,12-13H,5-7,14H2,1-4H3. The van der Waals surface area contributed by atoms with E-state index in [1.54, 1.807) is 0 Å². The average molecular weight is 239 g/mol. The summed E-state index contributed by atoms with van der Waals surface area (Å²) in [4.78, 5) is 0. The molecule has 0 bridgehead atoms. The van der Waals surface area contributed by atoms with Crippen LogP contribution in [0.15, 0.2) is 12.4 Å². The van der Waals surface area contributed by atoms with Crippen LogP contribution in [0.25, 0.3) is 0 Å². The van der Waals surface area contributed by atoms with E-state index in [1.807, 2.05) is 24.0 Å². The Labute approximate surface area is 104 Å². The van der Waals surface area contributed by atoms with Gasteiger partial charge in [-0.1, -0.05) is 20.8 Å². The fourth-order valence-electron chi connectivity index (χ4n) is 2.00. The summed E-state index contributed by atoms with van der Waals surface area (Å²) in [7, 11) is 0. The van der Waals surface area contributed by atoms with Crippen molar-refractivity contribution in [3.8, 4) is 0 Å². The fraction of sp³-hybridized carbons (Fsp3) is 0.769. The topological polar surface area (TPSA) is 53.1 Å². The van der Waals surface area contributed by atoms with E-state index in [0.717, 1.165) is 18.5 Å². The Bertz CT molecular complexity index is 322. The van der Waals surface area contributed by atoms with E-state index in [-0.39, 0.29) is 12.1 Å². The van der Waals surface area contributed by atoms with Crippen LogP contribution in [-0.4, -0.2) is 22.5 Å². The van der Waals surface area contributed by atoms with Crippen LogP contribution in [0.2, 0.25) is 0 Å². The van der Waals surface area contributed by atoms with Gasteiger partial charge in [-0.25, -0.2) is 0 Å². The maximum absolute atomic E-state index is 6.26. The van der Waals surface area contributed by atoms with E-state index in [4.69, 9.17) is 10.5 Å². The van der Waals surface area contributed by atoms with Gasteiger partial charge >= 0.3 is 0 Å². The molecule has 98 valence electrons. The van der Waals surface area contributed by atoms with Crippen molar-refractivity contribution >= 4 is 0 Å². The highest BCUT2D eigenvalue weighted by atomic mass is 16.5. The summed E-state index contributed by atoms with van der Waals surface area (Å²) in [6.07, 6.45) is 5.02. The maximum Gasteiger partial charge on any atom is 0.0791 e. The van der Waals surface area contributed by atoms with Crippen LogP contribution in [-0.2, 0) is 11.3 Å². The number of nitrogens with two attached hydrogens (primary N) is 1. The molecule has 1 heterocycles. The molecule has 0 saturated heterocycles. The molecule has 0 aliphatic rings. The van der Waals surface area contributed by atoms with Crippen LogP contribution >= 0.6 is 0 Å². The van der Waals surface area contributed by atoms with Crippen LogP contribution < -0.4 is 5.73 Å². The lowest BCUT2D eigenvalue weighted by molar-refractivity contribution is 0.0121. The summed E-state index contributed by atoms with van der Waals surface area (Å²) in [5.74, 6) is 0.402. The van der Waals surface area contributed by atoms with E-state index in [9.17, 15) is 0 Å². The summed E-state index contributed by atoms with van der Waals surface area (Å²) in [5, 5.41) is 4.31. The third-order valence-electron chi connectivity index (χ3n) is 2.86. The lowest BCUT2D eigenvalue weighted by Crippen LogP contribution is -2.33. The monoisotopic (exact) mass is 239 g/mol. The van der Waals surface area contributed by atoms with Crippen molar-refractivity contribution in [1.29, 1.82) is 0 Å². The second-order valence-corrected chi connectivity index (χ2v) is 4.73. The number of nitrogens with zero attached hydrogens (tertiary/aromatic N) is 2. The van der Waals surface area contributed by atoms with Crippen LogP contribution in [0.1, 0.15) is 45.7 Å². The van der Waals surface area contributed by atoms with Gasteiger partial charge in [-0.05, 0) is 19.3 Å². The zero-order chi connectivity index (χ0) is 12.8. The van der Waals surface area contributed by atoms with Crippen LogP contribution in [0, 0.1) is 5.92 Å². The molecule has 0 amide bonds. The van der Waals surface area contributed by atoms with Crippen molar-refractivity contribution in [2.24, 2.45) is 11.7 Å². The highest BCUT2D eigenvalue weighted by Gasteiger charge is 2.24. The SMILES string of the molecule is CCCn1cc(C(N)C(OCC)C(C)C)cn1. The van der Waals surface area contributed by atoms with E-state index in [0.29, 0.717) is 12.5 Å². The predicted octanol–water partition coefficient (Wildman–Crippen LogP) is 2.35. The largest absolute Gasteiger partial charge is 0.376 e. The Morgan fingerprint density at radius 1 is 1.41 bits per heavy atom. The van der Waals surface area contributed by atoms with Gasteiger partial charge in [0.15, 0.2) is 0 Å². The Hall–Kier alpha value is -0.870. The highest BCUT2D eigenvalue weighted by molar-refractivity contribution is 5.12. The molecule has 0 aliphatic carbocycles. The molecule has 0 fully saturated rings. The van der Waals surface area contributed by atoms with Gasteiger partial charge in [0.2, 0.25) is 0 Å². The number of aromatic nitrogens is 2. The van der Waals surface area contributed by atoms with Gasteiger partial charge in [0, 0.05) is 24.9 Å². The van der Waals surface area contributed by atoms with E-state index >= 15 is 0 Å². The summed E-state index contributed by atoms with van der Waals surface area (Å²) in [6.45, 7) is 10.0. The van der Waals surface area contributed by atoms with Crippen molar-refractivity contribution in [2.75, 3.05) is 6.61 Å². The number of hydrogen-bond donors (Lipinski definition) is 1. The molecule has 0 radical (unpaired) electrons. The number of ether oxygens (including phenoxy) is 1. The smallest absolute Gasteiger partial charge is 0.0791 e. The highest BCUT2D eigenvalue weighted by Crippen LogP contribution is 2.22. The second kappa shape index (κ2) is 6.77. The summed E-state index contributed by atoms with van der Waals surface area (Å²) in [6, 6.07) is -0.0967. The van der Waals surface area contributed by atoms with Crippen molar-refractivity contribution in [3.63, 3.8) is 0 Å². The van der Waals surface area contributed by atoms with Crippen LogP contribution in [0.4, 0.5) is 0 Å². The number of hydrogen-bond acceptors (Lipinski definition) is 3. The molecule has 2 unspecified atom stereocenters. The quantitative estimate of drug-likeness (QED) is 0.794. The lowest BCUT2D eigenvalue weighted by atomic mass is 9.96. The molecule has 1 aromatic heterocycles. The van der Waals surface area contributed by atoms with Gasteiger partial charge in [0.1, 0.15) is 0 Å².